The van der Waals surface area contributed by atoms with Gasteiger partial charge in [-0.3, -0.25) is 0 Å². The molecular formula is C16H17N5O2. The highest BCUT2D eigenvalue weighted by Gasteiger charge is 2.13. The van der Waals surface area contributed by atoms with E-state index >= 15 is 0 Å². The Hall–Kier alpha value is -3.18. The highest BCUT2D eigenvalue weighted by molar-refractivity contribution is 6.01. The van der Waals surface area contributed by atoms with Crippen LogP contribution in [0.1, 0.15) is 16.7 Å². The third-order valence-corrected chi connectivity index (χ3v) is 3.42. The van der Waals surface area contributed by atoms with Gasteiger partial charge in [-0.15, -0.1) is 0 Å². The van der Waals surface area contributed by atoms with Gasteiger partial charge in [-0.05, 0) is 55.6 Å². The maximum absolute atomic E-state index is 12.1. The summed E-state index contributed by atoms with van der Waals surface area (Å²) in [5.74, 6) is -0.0928. The van der Waals surface area contributed by atoms with Gasteiger partial charge in [-0.1, -0.05) is 22.8 Å². The van der Waals surface area contributed by atoms with Crippen LogP contribution >= 0.6 is 0 Å². The second-order valence-corrected chi connectivity index (χ2v) is 5.20. The van der Waals surface area contributed by atoms with Gasteiger partial charge in [0.25, 0.3) is 0 Å². The summed E-state index contributed by atoms with van der Waals surface area (Å²) >= 11 is 0. The van der Waals surface area contributed by atoms with Crippen LogP contribution in [0.5, 0.6) is 5.75 Å². The van der Waals surface area contributed by atoms with Crippen LogP contribution in [0.15, 0.2) is 35.4 Å². The molecular weight excluding hydrogens is 294 g/mol. The number of rotatable bonds is 3. The number of azide groups is 1. The average Bonchev–Trinajstić information content (AvgIpc) is 2.51. The van der Waals surface area contributed by atoms with Gasteiger partial charge in [-0.25, -0.2) is 4.79 Å². The van der Waals surface area contributed by atoms with Gasteiger partial charge in [0.2, 0.25) is 0 Å². The van der Waals surface area contributed by atoms with Crippen molar-refractivity contribution in [2.45, 2.75) is 20.8 Å². The van der Waals surface area contributed by atoms with Crippen molar-refractivity contribution in [1.29, 1.82) is 0 Å². The fraction of sp³-hybridized carbons (Fsp3) is 0.188. The number of urea groups is 1. The summed E-state index contributed by atoms with van der Waals surface area (Å²) in [6, 6.07) is 8.59. The summed E-state index contributed by atoms with van der Waals surface area (Å²) < 4.78 is 0. The number of amides is 2. The zero-order chi connectivity index (χ0) is 17.0. The summed E-state index contributed by atoms with van der Waals surface area (Å²) in [7, 11) is 0. The summed E-state index contributed by atoms with van der Waals surface area (Å²) in [6.45, 7) is 5.28. The van der Waals surface area contributed by atoms with Gasteiger partial charge < -0.3 is 15.7 Å². The minimum Gasteiger partial charge on any atom is -0.507 e. The lowest BCUT2D eigenvalue weighted by atomic mass is 10.1. The molecule has 0 saturated heterocycles. The summed E-state index contributed by atoms with van der Waals surface area (Å²) in [5.41, 5.74) is 11.9. The first-order valence-corrected chi connectivity index (χ1v) is 6.95. The van der Waals surface area contributed by atoms with Crippen LogP contribution < -0.4 is 10.6 Å². The lowest BCUT2D eigenvalue weighted by Crippen LogP contribution is -2.20. The van der Waals surface area contributed by atoms with Crippen molar-refractivity contribution in [2.75, 3.05) is 10.6 Å². The largest absolute Gasteiger partial charge is 0.507 e. The van der Waals surface area contributed by atoms with Crippen molar-refractivity contribution in [1.82, 2.24) is 0 Å². The molecule has 0 bridgehead atoms. The minimum absolute atomic E-state index is 0.0928. The molecule has 0 aliphatic heterocycles. The average molecular weight is 311 g/mol. The highest BCUT2D eigenvalue weighted by atomic mass is 16.3. The van der Waals surface area contributed by atoms with Crippen molar-refractivity contribution >= 4 is 23.1 Å². The van der Waals surface area contributed by atoms with E-state index in [0.29, 0.717) is 22.5 Å². The highest BCUT2D eigenvalue weighted by Crippen LogP contribution is 2.38. The molecule has 2 rings (SSSR count). The van der Waals surface area contributed by atoms with Crippen LogP contribution in [0.25, 0.3) is 10.4 Å². The van der Waals surface area contributed by atoms with Gasteiger partial charge in [-0.2, -0.15) is 0 Å². The topological polar surface area (TPSA) is 110 Å². The standard InChI is InChI=1S/C16H17N5O2/c1-9-4-6-12(7-5-9)18-16(23)19-13-8-10(2)15(22)14(11(13)3)20-21-17/h4-8,22H,1-3H3,(H2,18,19,23). The molecule has 0 heterocycles. The Kier molecular flexibility index (Phi) is 4.73. The van der Waals surface area contributed by atoms with Crippen molar-refractivity contribution in [3.8, 4) is 5.75 Å². The lowest BCUT2D eigenvalue weighted by molar-refractivity contribution is 0.262. The molecule has 7 nitrogen and oxygen atoms in total. The second-order valence-electron chi connectivity index (χ2n) is 5.20. The monoisotopic (exact) mass is 311 g/mol. The van der Waals surface area contributed by atoms with Gasteiger partial charge in [0.15, 0.2) is 0 Å². The molecule has 0 aliphatic carbocycles. The molecule has 2 amide bonds. The zero-order valence-corrected chi connectivity index (χ0v) is 13.1. The van der Waals surface area contributed by atoms with Gasteiger partial charge in [0, 0.05) is 16.3 Å². The van der Waals surface area contributed by atoms with E-state index in [-0.39, 0.29) is 11.4 Å². The Morgan fingerprint density at radius 1 is 1.17 bits per heavy atom. The van der Waals surface area contributed by atoms with E-state index in [1.165, 1.54) is 0 Å². The van der Waals surface area contributed by atoms with Gasteiger partial charge >= 0.3 is 6.03 Å². The molecule has 0 fully saturated rings. The second kappa shape index (κ2) is 6.72. The SMILES string of the molecule is Cc1ccc(NC(=O)Nc2cc(C)c(O)c(N=[N+]=[N-])c2C)cc1. The van der Waals surface area contributed by atoms with Gasteiger partial charge in [0.1, 0.15) is 5.75 Å². The third-order valence-electron chi connectivity index (χ3n) is 3.42. The maximum Gasteiger partial charge on any atom is 0.323 e. The van der Waals surface area contributed by atoms with E-state index in [2.05, 4.69) is 20.7 Å². The van der Waals surface area contributed by atoms with Crippen molar-refractivity contribution in [3.05, 3.63) is 57.5 Å². The normalized spacial score (nSPS) is 9.87. The summed E-state index contributed by atoms with van der Waals surface area (Å²) in [6.07, 6.45) is 0. The molecule has 7 heteroatoms. The molecule has 0 spiro atoms. The number of hydrogen-bond acceptors (Lipinski definition) is 3. The quantitative estimate of drug-likeness (QED) is 0.324. The van der Waals surface area contributed by atoms with Crippen LogP contribution in [0.4, 0.5) is 21.9 Å². The molecule has 2 aromatic rings. The molecule has 0 atom stereocenters. The Labute approximate surface area is 133 Å². The fourth-order valence-electron chi connectivity index (χ4n) is 2.10. The van der Waals surface area contributed by atoms with Crippen LogP contribution in [0, 0.1) is 20.8 Å². The first kappa shape index (κ1) is 16.2. The number of anilines is 2. The summed E-state index contributed by atoms with van der Waals surface area (Å²) in [5, 5.41) is 18.8. The number of hydrogen-bond donors (Lipinski definition) is 3. The smallest absolute Gasteiger partial charge is 0.323 e. The molecule has 118 valence electrons. The number of phenolic OH excluding ortho intramolecular Hbond substituents is 1. The zero-order valence-electron chi connectivity index (χ0n) is 13.1. The van der Waals surface area contributed by atoms with Crippen LogP contribution in [0.2, 0.25) is 0 Å². The van der Waals surface area contributed by atoms with Crippen LogP contribution in [-0.2, 0) is 0 Å². The number of carbonyl (C=O) groups is 1. The number of benzene rings is 2. The van der Waals surface area contributed by atoms with Crippen LogP contribution in [-0.4, -0.2) is 11.1 Å². The first-order valence-electron chi connectivity index (χ1n) is 6.95. The lowest BCUT2D eigenvalue weighted by Gasteiger charge is -2.14. The Morgan fingerprint density at radius 3 is 2.43 bits per heavy atom. The van der Waals surface area contributed by atoms with E-state index in [1.54, 1.807) is 32.0 Å². The third kappa shape index (κ3) is 3.72. The first-order chi connectivity index (χ1) is 10.9. The molecule has 0 saturated carbocycles. The number of carbonyl (C=O) groups excluding carboxylic acids is 1. The maximum atomic E-state index is 12.1. The molecule has 2 aromatic carbocycles. The number of phenols is 1. The number of nitrogens with zero attached hydrogens (tertiary/aromatic N) is 3. The number of aryl methyl sites for hydroxylation is 2. The molecule has 0 aliphatic rings. The predicted octanol–water partition coefficient (Wildman–Crippen LogP) is 4.90. The van der Waals surface area contributed by atoms with E-state index in [1.807, 2.05) is 19.1 Å². The molecule has 0 unspecified atom stereocenters. The van der Waals surface area contributed by atoms with E-state index < -0.39 is 6.03 Å². The predicted molar refractivity (Wildman–Crippen MR) is 90.2 cm³/mol. The van der Waals surface area contributed by atoms with Crippen molar-refractivity contribution < 1.29 is 9.90 Å². The Morgan fingerprint density at radius 2 is 1.83 bits per heavy atom. The molecule has 3 N–H and O–H groups in total. The Balaban J connectivity index is 2.24. The minimum atomic E-state index is -0.422. The molecule has 0 radical (unpaired) electrons. The van der Waals surface area contributed by atoms with E-state index in [0.717, 1.165) is 5.56 Å². The molecule has 23 heavy (non-hydrogen) atoms. The van der Waals surface area contributed by atoms with Crippen molar-refractivity contribution in [2.24, 2.45) is 5.11 Å². The number of nitrogens with one attached hydrogen (secondary N) is 2. The Bertz CT molecular complexity index is 793. The van der Waals surface area contributed by atoms with E-state index in [4.69, 9.17) is 5.53 Å². The number of aromatic hydroxyl groups is 1. The van der Waals surface area contributed by atoms with Crippen molar-refractivity contribution in [3.63, 3.8) is 0 Å². The fourth-order valence-corrected chi connectivity index (χ4v) is 2.10. The summed E-state index contributed by atoms with van der Waals surface area (Å²) in [4.78, 5) is 14.8. The van der Waals surface area contributed by atoms with Crippen LogP contribution in [0.3, 0.4) is 0 Å². The van der Waals surface area contributed by atoms with Gasteiger partial charge in [0.05, 0.1) is 5.69 Å². The molecule has 0 aromatic heterocycles. The van der Waals surface area contributed by atoms with E-state index in [9.17, 15) is 9.90 Å².